The molecule has 156 valence electrons. The molecular formula is C19H25N5O4S. The molecule has 2 aromatic rings. The fourth-order valence-electron chi connectivity index (χ4n) is 3.70. The number of rotatable bonds is 5. The van der Waals surface area contributed by atoms with E-state index in [2.05, 4.69) is 20.2 Å². The number of likely N-dealkylation sites (tertiary alicyclic amines) is 1. The summed E-state index contributed by atoms with van der Waals surface area (Å²) >= 11 is 0. The number of amides is 1. The van der Waals surface area contributed by atoms with Crippen molar-refractivity contribution in [2.45, 2.75) is 44.4 Å². The first-order chi connectivity index (χ1) is 13.8. The molecule has 3 heterocycles. The number of aromatic nitrogens is 2. The van der Waals surface area contributed by atoms with E-state index in [4.69, 9.17) is 4.42 Å². The summed E-state index contributed by atoms with van der Waals surface area (Å²) in [6.07, 6.45) is 2.24. The van der Waals surface area contributed by atoms with E-state index in [-0.39, 0.29) is 24.2 Å². The number of nitrogens with one attached hydrogen (secondary N) is 2. The summed E-state index contributed by atoms with van der Waals surface area (Å²) in [4.78, 5) is 14.1. The SMILES string of the molecule is Cc1ccc(NS(=O)(=O)C2CNC(c3nnc(C(=O)N4CCCC4)o3)C2)cc1C. The second-order valence-corrected chi connectivity index (χ2v) is 9.67. The van der Waals surface area contributed by atoms with Gasteiger partial charge in [0, 0.05) is 25.3 Å². The number of sulfonamides is 1. The van der Waals surface area contributed by atoms with Gasteiger partial charge in [-0.3, -0.25) is 9.52 Å². The quantitative estimate of drug-likeness (QED) is 0.758. The van der Waals surface area contributed by atoms with Crippen molar-refractivity contribution >= 4 is 21.6 Å². The molecule has 10 heteroatoms. The Kier molecular flexibility index (Phi) is 5.30. The lowest BCUT2D eigenvalue weighted by molar-refractivity contribution is 0.0750. The third kappa shape index (κ3) is 4.13. The molecule has 9 nitrogen and oxygen atoms in total. The van der Waals surface area contributed by atoms with Gasteiger partial charge in [-0.25, -0.2) is 8.42 Å². The van der Waals surface area contributed by atoms with Crippen molar-refractivity contribution in [1.29, 1.82) is 0 Å². The molecule has 2 N–H and O–H groups in total. The number of benzene rings is 1. The van der Waals surface area contributed by atoms with E-state index in [0.29, 0.717) is 25.2 Å². The molecule has 1 amide bonds. The normalized spacial score (nSPS) is 22.2. The molecule has 1 aromatic heterocycles. The van der Waals surface area contributed by atoms with Gasteiger partial charge < -0.3 is 14.6 Å². The Bertz CT molecular complexity index is 1010. The zero-order chi connectivity index (χ0) is 20.6. The van der Waals surface area contributed by atoms with Gasteiger partial charge in [-0.15, -0.1) is 10.2 Å². The monoisotopic (exact) mass is 419 g/mol. The van der Waals surface area contributed by atoms with Crippen molar-refractivity contribution in [2.24, 2.45) is 0 Å². The van der Waals surface area contributed by atoms with Gasteiger partial charge in [0.05, 0.1) is 11.3 Å². The molecule has 2 aliphatic heterocycles. The van der Waals surface area contributed by atoms with Gasteiger partial charge in [-0.05, 0) is 56.4 Å². The van der Waals surface area contributed by atoms with Crippen LogP contribution in [0.15, 0.2) is 22.6 Å². The van der Waals surface area contributed by atoms with Gasteiger partial charge in [-0.1, -0.05) is 6.07 Å². The predicted molar refractivity (Wildman–Crippen MR) is 107 cm³/mol. The zero-order valence-electron chi connectivity index (χ0n) is 16.5. The average Bonchev–Trinajstić information content (AvgIpc) is 3.44. The first-order valence-electron chi connectivity index (χ1n) is 9.78. The summed E-state index contributed by atoms with van der Waals surface area (Å²) in [5.41, 5.74) is 2.67. The number of aryl methyl sites for hydroxylation is 2. The van der Waals surface area contributed by atoms with Gasteiger partial charge in [0.2, 0.25) is 15.9 Å². The van der Waals surface area contributed by atoms with Crippen molar-refractivity contribution in [3.8, 4) is 0 Å². The number of hydrogen-bond acceptors (Lipinski definition) is 7. The van der Waals surface area contributed by atoms with Crippen molar-refractivity contribution in [1.82, 2.24) is 20.4 Å². The fourth-order valence-corrected chi connectivity index (χ4v) is 5.08. The third-order valence-corrected chi connectivity index (χ3v) is 7.37. The predicted octanol–water partition coefficient (Wildman–Crippen LogP) is 1.77. The van der Waals surface area contributed by atoms with Gasteiger partial charge in [0.1, 0.15) is 0 Å². The Hall–Kier alpha value is -2.46. The zero-order valence-corrected chi connectivity index (χ0v) is 17.3. The van der Waals surface area contributed by atoms with Crippen molar-refractivity contribution in [3.63, 3.8) is 0 Å². The van der Waals surface area contributed by atoms with Crippen LogP contribution >= 0.6 is 0 Å². The Morgan fingerprint density at radius 3 is 2.69 bits per heavy atom. The largest absolute Gasteiger partial charge is 0.415 e. The lowest BCUT2D eigenvalue weighted by Crippen LogP contribution is -2.29. The van der Waals surface area contributed by atoms with Crippen molar-refractivity contribution in [2.75, 3.05) is 24.4 Å². The lowest BCUT2D eigenvalue weighted by Gasteiger charge is -2.14. The molecule has 2 fully saturated rings. The van der Waals surface area contributed by atoms with Gasteiger partial charge in [0.25, 0.3) is 0 Å². The minimum Gasteiger partial charge on any atom is -0.415 e. The van der Waals surface area contributed by atoms with E-state index < -0.39 is 21.3 Å². The van der Waals surface area contributed by atoms with Gasteiger partial charge in [0.15, 0.2) is 0 Å². The van der Waals surface area contributed by atoms with E-state index in [1.54, 1.807) is 11.0 Å². The second-order valence-electron chi connectivity index (χ2n) is 7.71. The van der Waals surface area contributed by atoms with Crippen LogP contribution in [0, 0.1) is 13.8 Å². The van der Waals surface area contributed by atoms with Crippen LogP contribution in [0.2, 0.25) is 0 Å². The van der Waals surface area contributed by atoms with Crippen molar-refractivity contribution < 1.29 is 17.6 Å². The van der Waals surface area contributed by atoms with Crippen LogP contribution in [0.4, 0.5) is 5.69 Å². The molecule has 0 aliphatic carbocycles. The summed E-state index contributed by atoms with van der Waals surface area (Å²) in [6, 6.07) is 5.07. The standard InChI is InChI=1S/C19H25N5O4S/c1-12-5-6-14(9-13(12)2)23-29(26,27)15-10-16(20-11-15)17-21-22-18(28-17)19(25)24-7-3-4-8-24/h5-6,9,15-16,20,23H,3-4,7-8,10-11H2,1-2H3. The Morgan fingerprint density at radius 2 is 1.97 bits per heavy atom. The Morgan fingerprint density at radius 1 is 1.21 bits per heavy atom. The van der Waals surface area contributed by atoms with E-state index in [1.165, 1.54) is 0 Å². The highest BCUT2D eigenvalue weighted by Gasteiger charge is 2.38. The van der Waals surface area contributed by atoms with Crippen LogP contribution in [0.25, 0.3) is 0 Å². The minimum absolute atomic E-state index is 0.0386. The smallest absolute Gasteiger partial charge is 0.311 e. The van der Waals surface area contributed by atoms with Crippen molar-refractivity contribution in [3.05, 3.63) is 41.1 Å². The van der Waals surface area contributed by atoms with Gasteiger partial charge in [-0.2, -0.15) is 0 Å². The molecule has 29 heavy (non-hydrogen) atoms. The number of nitrogens with zero attached hydrogens (tertiary/aromatic N) is 3. The molecule has 0 saturated carbocycles. The van der Waals surface area contributed by atoms with E-state index in [1.807, 2.05) is 26.0 Å². The van der Waals surface area contributed by atoms with Crippen LogP contribution in [0.1, 0.15) is 53.0 Å². The van der Waals surface area contributed by atoms with E-state index in [0.717, 1.165) is 24.0 Å². The van der Waals surface area contributed by atoms with Crippen LogP contribution in [0.3, 0.4) is 0 Å². The molecule has 2 atom stereocenters. The molecule has 2 saturated heterocycles. The molecule has 2 aliphatic rings. The average molecular weight is 420 g/mol. The number of hydrogen-bond donors (Lipinski definition) is 2. The summed E-state index contributed by atoms with van der Waals surface area (Å²) in [7, 11) is -3.58. The Labute approximate surface area is 169 Å². The molecule has 4 rings (SSSR count). The maximum Gasteiger partial charge on any atom is 0.311 e. The molecule has 2 unspecified atom stereocenters. The molecule has 0 radical (unpaired) electrons. The highest BCUT2D eigenvalue weighted by Crippen LogP contribution is 2.28. The summed E-state index contributed by atoms with van der Waals surface area (Å²) in [5, 5.41) is 10.3. The number of anilines is 1. The van der Waals surface area contributed by atoms with Gasteiger partial charge >= 0.3 is 11.8 Å². The van der Waals surface area contributed by atoms with Crippen LogP contribution in [-0.2, 0) is 10.0 Å². The maximum atomic E-state index is 12.8. The summed E-state index contributed by atoms with van der Waals surface area (Å²) in [5.74, 6) is -0.0560. The molecule has 0 bridgehead atoms. The first-order valence-corrected chi connectivity index (χ1v) is 11.3. The molecular weight excluding hydrogens is 394 g/mol. The topological polar surface area (TPSA) is 117 Å². The highest BCUT2D eigenvalue weighted by atomic mass is 32.2. The van der Waals surface area contributed by atoms with Crippen LogP contribution in [-0.4, -0.2) is 54.3 Å². The highest BCUT2D eigenvalue weighted by molar-refractivity contribution is 7.93. The second kappa shape index (κ2) is 7.75. The van der Waals surface area contributed by atoms with E-state index in [9.17, 15) is 13.2 Å². The molecule has 1 aromatic carbocycles. The Balaban J connectivity index is 1.42. The number of carbonyl (C=O) groups is 1. The fraction of sp³-hybridized carbons (Fsp3) is 0.526. The maximum absolute atomic E-state index is 12.8. The van der Waals surface area contributed by atoms with Crippen LogP contribution < -0.4 is 10.0 Å². The summed E-state index contributed by atoms with van der Waals surface area (Å²) < 4.78 is 33.8. The van der Waals surface area contributed by atoms with E-state index >= 15 is 0 Å². The minimum atomic E-state index is -3.58. The molecule has 0 spiro atoms. The third-order valence-electron chi connectivity index (χ3n) is 5.61. The summed E-state index contributed by atoms with van der Waals surface area (Å²) in [6.45, 7) is 5.58. The number of carbonyl (C=O) groups excluding carboxylic acids is 1. The van der Waals surface area contributed by atoms with Crippen LogP contribution in [0.5, 0.6) is 0 Å². The lowest BCUT2D eigenvalue weighted by atomic mass is 10.1. The first kappa shape index (κ1) is 19.8.